The van der Waals surface area contributed by atoms with Crippen LogP contribution in [0, 0.1) is 0 Å². The first-order valence-corrected chi connectivity index (χ1v) is 31.6. The molecule has 0 saturated heterocycles. The number of carbonyl (C=O) groups is 3. The molecule has 0 heterocycles. The zero-order valence-electron chi connectivity index (χ0n) is 48.2. The molecule has 0 aromatic carbocycles. The van der Waals surface area contributed by atoms with Crippen LogP contribution in [0.5, 0.6) is 0 Å². The average Bonchev–Trinajstić information content (AvgIpc) is 3.38. The topological polar surface area (TPSA) is 78.9 Å². The number of ether oxygens (including phenoxy) is 3. The third-order valence-corrected chi connectivity index (χ3v) is 14.1. The predicted octanol–water partition coefficient (Wildman–Crippen LogP) is 21.4. The molecule has 0 aliphatic heterocycles. The van der Waals surface area contributed by atoms with Crippen LogP contribution in [0.2, 0.25) is 0 Å². The minimum Gasteiger partial charge on any atom is -0.462 e. The van der Waals surface area contributed by atoms with Crippen molar-refractivity contribution in [3.63, 3.8) is 0 Å². The lowest BCUT2D eigenvalue weighted by molar-refractivity contribution is -0.167. The number of rotatable bonds is 58. The zero-order valence-corrected chi connectivity index (χ0v) is 48.2. The summed E-state index contributed by atoms with van der Waals surface area (Å²) >= 11 is 0. The summed E-state index contributed by atoms with van der Waals surface area (Å²) in [6.07, 6.45) is 75.4. The number of carbonyl (C=O) groups excluding carboxylic acids is 3. The lowest BCUT2D eigenvalue weighted by Gasteiger charge is -2.18. The highest BCUT2D eigenvalue weighted by molar-refractivity contribution is 5.71. The summed E-state index contributed by atoms with van der Waals surface area (Å²) in [4.78, 5) is 38.3. The van der Waals surface area contributed by atoms with Gasteiger partial charge in [0.15, 0.2) is 6.10 Å². The summed E-state index contributed by atoms with van der Waals surface area (Å²) in [5, 5.41) is 0. The van der Waals surface area contributed by atoms with Gasteiger partial charge >= 0.3 is 17.9 Å². The number of esters is 3. The Morgan fingerprint density at radius 1 is 0.278 bits per heavy atom. The van der Waals surface area contributed by atoms with Gasteiger partial charge in [0.25, 0.3) is 0 Å². The van der Waals surface area contributed by atoms with Gasteiger partial charge in [-0.1, -0.05) is 281 Å². The van der Waals surface area contributed by atoms with E-state index >= 15 is 0 Å². The summed E-state index contributed by atoms with van der Waals surface area (Å²) in [6.45, 7) is 6.66. The Bertz CT molecular complexity index is 1250. The molecule has 0 saturated carbocycles. The molecule has 420 valence electrons. The van der Waals surface area contributed by atoms with Gasteiger partial charge in [0.1, 0.15) is 13.2 Å². The van der Waals surface area contributed by atoms with E-state index in [-0.39, 0.29) is 31.1 Å². The molecule has 0 rings (SSSR count). The lowest BCUT2D eigenvalue weighted by Crippen LogP contribution is -2.30. The molecule has 6 nitrogen and oxygen atoms in total. The van der Waals surface area contributed by atoms with E-state index in [2.05, 4.69) is 69.4 Å². The van der Waals surface area contributed by atoms with E-state index in [9.17, 15) is 14.4 Å². The Morgan fingerprint density at radius 2 is 0.500 bits per heavy atom. The molecule has 0 aromatic rings. The van der Waals surface area contributed by atoms with Gasteiger partial charge in [0, 0.05) is 19.3 Å². The zero-order chi connectivity index (χ0) is 52.2. The van der Waals surface area contributed by atoms with Gasteiger partial charge in [-0.2, -0.15) is 0 Å². The molecule has 0 bridgehead atoms. The van der Waals surface area contributed by atoms with Gasteiger partial charge in [-0.15, -0.1) is 0 Å². The van der Waals surface area contributed by atoms with Crippen molar-refractivity contribution in [3.8, 4) is 0 Å². The van der Waals surface area contributed by atoms with Crippen LogP contribution in [0.3, 0.4) is 0 Å². The fraction of sp³-hybridized carbons (Fsp3) is 0.833. The van der Waals surface area contributed by atoms with E-state index in [0.29, 0.717) is 19.3 Å². The molecule has 0 fully saturated rings. The first kappa shape index (κ1) is 69.4. The molecule has 0 spiro atoms. The van der Waals surface area contributed by atoms with Gasteiger partial charge in [-0.05, 0) is 83.5 Å². The van der Waals surface area contributed by atoms with Gasteiger partial charge < -0.3 is 14.2 Å². The second-order valence-corrected chi connectivity index (χ2v) is 21.3. The molecular weight excluding hydrogens is 889 g/mol. The molecule has 0 aliphatic rings. The van der Waals surface area contributed by atoms with Crippen LogP contribution in [-0.4, -0.2) is 37.2 Å². The maximum Gasteiger partial charge on any atom is 0.306 e. The summed E-state index contributed by atoms with van der Waals surface area (Å²) in [5.74, 6) is -0.871. The molecule has 0 N–H and O–H groups in total. The predicted molar refractivity (Wildman–Crippen MR) is 312 cm³/mol. The van der Waals surface area contributed by atoms with Crippen molar-refractivity contribution in [2.24, 2.45) is 0 Å². The van der Waals surface area contributed by atoms with Crippen LogP contribution in [0.1, 0.15) is 335 Å². The van der Waals surface area contributed by atoms with Crippen molar-refractivity contribution in [2.75, 3.05) is 13.2 Å². The molecule has 0 radical (unpaired) electrons. The standard InChI is InChI=1S/C66H120O6/c1-4-7-10-13-16-19-22-25-28-30-31-32-33-34-35-37-38-41-44-47-50-53-56-59-65(68)71-62-63(61-70-64(67)58-55-52-49-46-43-40-27-24-21-18-15-12-9-6-3)72-66(69)60-57-54-51-48-45-42-39-36-29-26-23-20-17-14-11-8-5-2/h22,24-25,27,30-31,33-34,63H,4-21,23,26,28-29,32,35-62H2,1-3H3/b25-22-,27-24-,31-30-,34-33-. The van der Waals surface area contributed by atoms with Crippen LogP contribution in [0.15, 0.2) is 48.6 Å². The molecular formula is C66H120O6. The van der Waals surface area contributed by atoms with Crippen molar-refractivity contribution in [1.29, 1.82) is 0 Å². The Hall–Kier alpha value is -2.63. The first-order valence-electron chi connectivity index (χ1n) is 31.6. The van der Waals surface area contributed by atoms with E-state index in [0.717, 1.165) is 83.5 Å². The number of hydrogen-bond donors (Lipinski definition) is 0. The highest BCUT2D eigenvalue weighted by atomic mass is 16.6. The van der Waals surface area contributed by atoms with Crippen LogP contribution >= 0.6 is 0 Å². The second-order valence-electron chi connectivity index (χ2n) is 21.3. The summed E-state index contributed by atoms with van der Waals surface area (Å²) in [5.41, 5.74) is 0. The van der Waals surface area contributed by atoms with Crippen LogP contribution in [0.25, 0.3) is 0 Å². The Kier molecular flexibility index (Phi) is 58.7. The molecule has 0 aliphatic carbocycles. The van der Waals surface area contributed by atoms with E-state index in [4.69, 9.17) is 14.2 Å². The van der Waals surface area contributed by atoms with Crippen LogP contribution in [-0.2, 0) is 28.6 Å². The second kappa shape index (κ2) is 60.9. The van der Waals surface area contributed by atoms with Gasteiger partial charge in [0.05, 0.1) is 0 Å². The first-order chi connectivity index (χ1) is 35.5. The quantitative estimate of drug-likeness (QED) is 0.0261. The Morgan fingerprint density at radius 3 is 0.792 bits per heavy atom. The minimum atomic E-state index is -0.778. The average molecular weight is 1010 g/mol. The van der Waals surface area contributed by atoms with Gasteiger partial charge in [-0.25, -0.2) is 0 Å². The normalized spacial score (nSPS) is 12.3. The van der Waals surface area contributed by atoms with Crippen LogP contribution < -0.4 is 0 Å². The van der Waals surface area contributed by atoms with Crippen molar-refractivity contribution >= 4 is 17.9 Å². The van der Waals surface area contributed by atoms with Crippen LogP contribution in [0.4, 0.5) is 0 Å². The fourth-order valence-electron chi connectivity index (χ4n) is 9.27. The van der Waals surface area contributed by atoms with Crippen molar-refractivity contribution in [2.45, 2.75) is 341 Å². The Balaban J connectivity index is 4.33. The van der Waals surface area contributed by atoms with Gasteiger partial charge in [0.2, 0.25) is 0 Å². The van der Waals surface area contributed by atoms with Gasteiger partial charge in [-0.3, -0.25) is 14.4 Å². The molecule has 0 aromatic heterocycles. The molecule has 1 unspecified atom stereocenters. The number of hydrogen-bond acceptors (Lipinski definition) is 6. The summed E-state index contributed by atoms with van der Waals surface area (Å²) < 4.78 is 16.9. The monoisotopic (exact) mass is 1010 g/mol. The number of allylic oxidation sites excluding steroid dienone is 8. The van der Waals surface area contributed by atoms with E-state index in [1.807, 2.05) is 0 Å². The maximum atomic E-state index is 12.9. The maximum absolute atomic E-state index is 12.9. The summed E-state index contributed by atoms with van der Waals surface area (Å²) in [6, 6.07) is 0. The largest absolute Gasteiger partial charge is 0.462 e. The molecule has 0 amide bonds. The smallest absolute Gasteiger partial charge is 0.306 e. The van der Waals surface area contributed by atoms with Crippen molar-refractivity contribution in [1.82, 2.24) is 0 Å². The molecule has 6 heteroatoms. The Labute approximate surface area is 448 Å². The fourth-order valence-corrected chi connectivity index (χ4v) is 9.27. The molecule has 72 heavy (non-hydrogen) atoms. The lowest BCUT2D eigenvalue weighted by atomic mass is 10.0. The van der Waals surface area contributed by atoms with E-state index in [1.165, 1.54) is 212 Å². The number of unbranched alkanes of at least 4 members (excludes halogenated alkanes) is 39. The SMILES string of the molecule is CCCCCCC/C=C\C/C=C\C/C=C\CCCCCCCCCCC(=O)OCC(COC(=O)CCCCCCC/C=C\CCCCCCC)OC(=O)CCCCCCCCCCCCCCCCCCC. The highest BCUT2D eigenvalue weighted by Crippen LogP contribution is 2.17. The highest BCUT2D eigenvalue weighted by Gasteiger charge is 2.19. The molecule has 1 atom stereocenters. The van der Waals surface area contributed by atoms with E-state index in [1.54, 1.807) is 0 Å². The third kappa shape index (κ3) is 58.3. The summed E-state index contributed by atoms with van der Waals surface area (Å²) in [7, 11) is 0. The third-order valence-electron chi connectivity index (χ3n) is 14.1. The van der Waals surface area contributed by atoms with E-state index < -0.39 is 6.10 Å². The minimum absolute atomic E-state index is 0.0763. The van der Waals surface area contributed by atoms with Crippen molar-refractivity contribution in [3.05, 3.63) is 48.6 Å². The van der Waals surface area contributed by atoms with Crippen molar-refractivity contribution < 1.29 is 28.6 Å².